The molecule has 9 heteroatoms. The fraction of sp³-hybridized carbons (Fsp3) is 0.167. The molecule has 0 atom stereocenters. The van der Waals surface area contributed by atoms with Crippen molar-refractivity contribution in [1.29, 1.82) is 0 Å². The molecule has 0 fully saturated rings. The molecule has 0 saturated heterocycles. The van der Waals surface area contributed by atoms with Crippen LogP contribution >= 0.6 is 0 Å². The van der Waals surface area contributed by atoms with E-state index in [-0.39, 0.29) is 5.75 Å². The van der Waals surface area contributed by atoms with Crippen molar-refractivity contribution in [2.45, 2.75) is 12.7 Å². The first kappa shape index (κ1) is 18.7. The number of aromatic nitrogens is 3. The summed E-state index contributed by atoms with van der Waals surface area (Å²) in [6.45, 7) is 2.49. The van der Waals surface area contributed by atoms with Gasteiger partial charge in [-0.2, -0.15) is 4.98 Å². The Hall–Kier alpha value is -3.04. The predicted molar refractivity (Wildman–Crippen MR) is 103 cm³/mol. The molecule has 0 bridgehead atoms. The monoisotopic (exact) mass is 385 g/mol. The molecule has 0 aliphatic carbocycles. The summed E-state index contributed by atoms with van der Waals surface area (Å²) in [6.07, 6.45) is 1.41. The molecule has 3 aromatic rings. The van der Waals surface area contributed by atoms with Gasteiger partial charge in [0.1, 0.15) is 12.1 Å². The Morgan fingerprint density at radius 2 is 1.93 bits per heavy atom. The number of rotatable bonds is 7. The highest BCUT2D eigenvalue weighted by Gasteiger charge is 2.08. The van der Waals surface area contributed by atoms with Crippen LogP contribution in [0, 0.1) is 0 Å². The van der Waals surface area contributed by atoms with Crippen LogP contribution < -0.4 is 15.2 Å². The van der Waals surface area contributed by atoms with Crippen LogP contribution in [0.4, 0.5) is 11.6 Å². The van der Waals surface area contributed by atoms with Crippen molar-refractivity contribution in [1.82, 2.24) is 15.0 Å². The Kier molecular flexibility index (Phi) is 5.63. The van der Waals surface area contributed by atoms with Crippen LogP contribution in [0.1, 0.15) is 12.5 Å². The quantitative estimate of drug-likeness (QED) is 0.641. The van der Waals surface area contributed by atoms with Gasteiger partial charge in [0.25, 0.3) is 0 Å². The second-order valence-corrected chi connectivity index (χ2v) is 7.34. The van der Waals surface area contributed by atoms with Gasteiger partial charge in [-0.15, -0.1) is 0 Å². The summed E-state index contributed by atoms with van der Waals surface area (Å²) < 4.78 is 28.0. The molecule has 1 heterocycles. The van der Waals surface area contributed by atoms with Crippen LogP contribution in [-0.4, -0.2) is 30.0 Å². The van der Waals surface area contributed by atoms with E-state index in [1.54, 1.807) is 24.3 Å². The Morgan fingerprint density at radius 3 is 2.70 bits per heavy atom. The zero-order chi connectivity index (χ0) is 19.3. The van der Waals surface area contributed by atoms with Gasteiger partial charge in [-0.1, -0.05) is 24.3 Å². The predicted octanol–water partition coefficient (Wildman–Crippen LogP) is 2.47. The van der Waals surface area contributed by atoms with Gasteiger partial charge < -0.3 is 10.1 Å². The molecule has 2 aromatic carbocycles. The van der Waals surface area contributed by atoms with Gasteiger partial charge in [0, 0.05) is 11.3 Å². The Morgan fingerprint density at radius 1 is 1.11 bits per heavy atom. The van der Waals surface area contributed by atoms with Crippen LogP contribution in [0.2, 0.25) is 0 Å². The van der Waals surface area contributed by atoms with Gasteiger partial charge in [-0.3, -0.25) is 0 Å². The van der Waals surface area contributed by atoms with Gasteiger partial charge >= 0.3 is 0 Å². The number of hydrogen-bond donors (Lipinski definition) is 2. The van der Waals surface area contributed by atoms with E-state index in [1.807, 2.05) is 31.2 Å². The molecule has 0 spiro atoms. The highest BCUT2D eigenvalue weighted by atomic mass is 32.2. The molecule has 27 heavy (non-hydrogen) atoms. The lowest BCUT2D eigenvalue weighted by Crippen LogP contribution is -2.14. The molecule has 0 aliphatic heterocycles. The largest absolute Gasteiger partial charge is 0.494 e. The van der Waals surface area contributed by atoms with Crippen molar-refractivity contribution in [2.24, 2.45) is 5.14 Å². The summed E-state index contributed by atoms with van der Waals surface area (Å²) in [5.41, 5.74) is 2.02. The van der Waals surface area contributed by atoms with E-state index >= 15 is 0 Å². The second kappa shape index (κ2) is 8.11. The number of ether oxygens (including phenoxy) is 1. The topological polar surface area (TPSA) is 120 Å². The average molecular weight is 385 g/mol. The lowest BCUT2D eigenvalue weighted by atomic mass is 10.2. The maximum Gasteiger partial charge on any atom is 0.230 e. The molecule has 1 aromatic heterocycles. The zero-order valence-corrected chi connectivity index (χ0v) is 15.5. The van der Waals surface area contributed by atoms with E-state index in [2.05, 4.69) is 20.3 Å². The SMILES string of the molecule is CCOc1cccc(-c2ncnc(Nc3cccc(CS(N)(=O)=O)c3)n2)c1. The van der Waals surface area contributed by atoms with Crippen LogP contribution in [0.25, 0.3) is 11.4 Å². The van der Waals surface area contributed by atoms with Gasteiger partial charge in [0.2, 0.25) is 16.0 Å². The normalized spacial score (nSPS) is 11.2. The third-order valence-corrected chi connectivity index (χ3v) is 4.26. The van der Waals surface area contributed by atoms with E-state index in [0.29, 0.717) is 29.6 Å². The molecule has 140 valence electrons. The number of nitrogens with one attached hydrogen (secondary N) is 1. The summed E-state index contributed by atoms with van der Waals surface area (Å²) in [4.78, 5) is 12.7. The van der Waals surface area contributed by atoms with Crippen molar-refractivity contribution in [3.05, 3.63) is 60.4 Å². The summed E-state index contributed by atoms with van der Waals surface area (Å²) in [6, 6.07) is 14.4. The summed E-state index contributed by atoms with van der Waals surface area (Å²) in [5, 5.41) is 8.15. The number of nitrogens with two attached hydrogens (primary N) is 1. The van der Waals surface area contributed by atoms with E-state index in [4.69, 9.17) is 9.88 Å². The third-order valence-electron chi connectivity index (χ3n) is 3.53. The van der Waals surface area contributed by atoms with E-state index in [0.717, 1.165) is 11.3 Å². The fourth-order valence-corrected chi connectivity index (χ4v) is 3.13. The van der Waals surface area contributed by atoms with Crippen molar-refractivity contribution < 1.29 is 13.2 Å². The lowest BCUT2D eigenvalue weighted by molar-refractivity contribution is 0.340. The highest BCUT2D eigenvalue weighted by molar-refractivity contribution is 7.88. The lowest BCUT2D eigenvalue weighted by Gasteiger charge is -2.08. The molecule has 0 unspecified atom stereocenters. The average Bonchev–Trinajstić information content (AvgIpc) is 2.61. The van der Waals surface area contributed by atoms with E-state index in [9.17, 15) is 8.42 Å². The fourth-order valence-electron chi connectivity index (χ4n) is 2.49. The number of anilines is 2. The molecule has 0 aliphatic rings. The number of hydrogen-bond acceptors (Lipinski definition) is 7. The van der Waals surface area contributed by atoms with Crippen molar-refractivity contribution in [3.8, 4) is 17.1 Å². The number of primary sulfonamides is 1. The minimum Gasteiger partial charge on any atom is -0.494 e. The van der Waals surface area contributed by atoms with Gasteiger partial charge in [-0.05, 0) is 36.8 Å². The molecule has 0 radical (unpaired) electrons. The molecular formula is C18H19N5O3S. The van der Waals surface area contributed by atoms with E-state index < -0.39 is 10.0 Å². The maximum atomic E-state index is 11.3. The van der Waals surface area contributed by atoms with Gasteiger partial charge in [0.05, 0.1) is 12.4 Å². The first-order chi connectivity index (χ1) is 12.9. The molecule has 3 N–H and O–H groups in total. The van der Waals surface area contributed by atoms with Crippen LogP contribution in [0.5, 0.6) is 5.75 Å². The van der Waals surface area contributed by atoms with Crippen LogP contribution in [0.15, 0.2) is 54.9 Å². The minimum atomic E-state index is -3.60. The zero-order valence-electron chi connectivity index (χ0n) is 14.7. The smallest absolute Gasteiger partial charge is 0.230 e. The Balaban J connectivity index is 1.82. The third kappa shape index (κ3) is 5.47. The first-order valence-corrected chi connectivity index (χ1v) is 9.93. The molecule has 8 nitrogen and oxygen atoms in total. The van der Waals surface area contributed by atoms with Gasteiger partial charge in [0.15, 0.2) is 5.82 Å². The Labute approximate surface area is 157 Å². The van der Waals surface area contributed by atoms with Gasteiger partial charge in [-0.25, -0.2) is 23.5 Å². The highest BCUT2D eigenvalue weighted by Crippen LogP contribution is 2.22. The minimum absolute atomic E-state index is 0.241. The Bertz CT molecular complexity index is 1040. The summed E-state index contributed by atoms with van der Waals surface area (Å²) in [5.74, 6) is 1.33. The second-order valence-electron chi connectivity index (χ2n) is 5.73. The molecule has 0 amide bonds. The van der Waals surface area contributed by atoms with Crippen molar-refractivity contribution in [2.75, 3.05) is 11.9 Å². The summed E-state index contributed by atoms with van der Waals surface area (Å²) >= 11 is 0. The number of sulfonamides is 1. The van der Waals surface area contributed by atoms with Crippen molar-refractivity contribution >= 4 is 21.7 Å². The standard InChI is InChI=1S/C18H19N5O3S/c1-2-26-16-8-4-6-14(10-16)17-20-12-21-18(23-17)22-15-7-3-5-13(9-15)11-27(19,24)25/h3-10,12H,2,11H2,1H3,(H2,19,24,25)(H,20,21,22,23). The number of nitrogens with zero attached hydrogens (tertiary/aromatic N) is 3. The van der Waals surface area contributed by atoms with Crippen LogP contribution in [-0.2, 0) is 15.8 Å². The number of benzene rings is 2. The van der Waals surface area contributed by atoms with Crippen molar-refractivity contribution in [3.63, 3.8) is 0 Å². The van der Waals surface area contributed by atoms with Crippen LogP contribution in [0.3, 0.4) is 0 Å². The van der Waals surface area contributed by atoms with E-state index in [1.165, 1.54) is 6.33 Å². The maximum absolute atomic E-state index is 11.3. The molecule has 3 rings (SSSR count). The molecular weight excluding hydrogens is 366 g/mol. The summed E-state index contributed by atoms with van der Waals surface area (Å²) in [7, 11) is -3.60. The molecule has 0 saturated carbocycles. The first-order valence-electron chi connectivity index (χ1n) is 8.21.